The standard InChI is InChI=1S/C4H12N.C4H10OSi.ClH/c1-5(2,3)4;1-2-4-6-5-3-1;/h1-4H3;1-4,6H2;1H/q+1;;. The molecule has 0 bridgehead atoms. The Kier molecular flexibility index (Phi) is 10.0. The molecule has 0 aromatic heterocycles. The summed E-state index contributed by atoms with van der Waals surface area (Å²) in [5.41, 5.74) is 0. The number of rotatable bonds is 0. The van der Waals surface area contributed by atoms with Crippen LogP contribution >= 0.6 is 12.4 Å². The van der Waals surface area contributed by atoms with Crippen LogP contribution in [-0.4, -0.2) is 49.0 Å². The smallest absolute Gasteiger partial charge is 0.161 e. The second-order valence-corrected chi connectivity index (χ2v) is 5.88. The maximum Gasteiger partial charge on any atom is 0.161 e. The van der Waals surface area contributed by atoms with Crippen molar-refractivity contribution in [1.29, 1.82) is 0 Å². The van der Waals surface area contributed by atoms with E-state index < -0.39 is 0 Å². The lowest BCUT2D eigenvalue weighted by atomic mass is 10.4. The predicted octanol–water partition coefficient (Wildman–Crippen LogP) is 1.04. The molecule has 0 unspecified atom stereocenters. The molecule has 1 rings (SSSR count). The summed E-state index contributed by atoms with van der Waals surface area (Å²) in [6.45, 7) is 1.06. The van der Waals surface area contributed by atoms with Crippen LogP contribution < -0.4 is 0 Å². The molecule has 4 heteroatoms. The van der Waals surface area contributed by atoms with E-state index in [9.17, 15) is 0 Å². The quantitative estimate of drug-likeness (QED) is 0.431. The first-order chi connectivity index (χ1) is 5.00. The van der Waals surface area contributed by atoms with Crippen LogP contribution in [0.15, 0.2) is 0 Å². The average molecular weight is 213 g/mol. The zero-order chi connectivity index (χ0) is 8.74. The van der Waals surface area contributed by atoms with Crippen molar-refractivity contribution in [3.8, 4) is 0 Å². The molecule has 0 aromatic carbocycles. The Morgan fingerprint density at radius 2 is 1.58 bits per heavy atom. The summed E-state index contributed by atoms with van der Waals surface area (Å²) in [6.07, 6.45) is 2.75. The van der Waals surface area contributed by atoms with Gasteiger partial charge < -0.3 is 8.91 Å². The van der Waals surface area contributed by atoms with E-state index >= 15 is 0 Å². The van der Waals surface area contributed by atoms with E-state index in [4.69, 9.17) is 4.43 Å². The number of hydrogen-bond acceptors (Lipinski definition) is 1. The topological polar surface area (TPSA) is 9.23 Å². The number of halogens is 1. The molecule has 2 nitrogen and oxygen atoms in total. The van der Waals surface area contributed by atoms with Gasteiger partial charge in [-0.15, -0.1) is 12.4 Å². The first-order valence-electron chi connectivity index (χ1n) is 4.37. The lowest BCUT2D eigenvalue weighted by Gasteiger charge is -2.14. The van der Waals surface area contributed by atoms with Gasteiger partial charge >= 0.3 is 0 Å². The lowest BCUT2D eigenvalue weighted by Crippen LogP contribution is -2.27. The van der Waals surface area contributed by atoms with Gasteiger partial charge in [-0.2, -0.15) is 0 Å². The van der Waals surface area contributed by atoms with Crippen LogP contribution in [0.3, 0.4) is 0 Å². The summed E-state index contributed by atoms with van der Waals surface area (Å²) in [5.74, 6) is 0. The van der Waals surface area contributed by atoms with E-state index in [1.807, 2.05) is 0 Å². The van der Waals surface area contributed by atoms with Crippen LogP contribution in [0.5, 0.6) is 0 Å². The molecule has 1 fully saturated rings. The minimum atomic E-state index is 0. The van der Waals surface area contributed by atoms with Gasteiger partial charge in [-0.1, -0.05) is 6.42 Å². The third-order valence-electron chi connectivity index (χ3n) is 1.08. The zero-order valence-corrected chi connectivity index (χ0v) is 11.0. The van der Waals surface area contributed by atoms with Crippen LogP contribution in [0.4, 0.5) is 0 Å². The average Bonchev–Trinajstić information content (AvgIpc) is 1.88. The second-order valence-electron chi connectivity index (χ2n) is 4.36. The highest BCUT2D eigenvalue weighted by Crippen LogP contribution is 2.01. The van der Waals surface area contributed by atoms with Gasteiger partial charge in [0.2, 0.25) is 0 Å². The normalized spacial score (nSPS) is 19.0. The van der Waals surface area contributed by atoms with Crippen molar-refractivity contribution < 1.29 is 8.91 Å². The Labute approximate surface area is 85.2 Å². The lowest BCUT2D eigenvalue weighted by molar-refractivity contribution is -0.849. The summed E-state index contributed by atoms with van der Waals surface area (Å²) >= 11 is 0. The Bertz CT molecular complexity index is 74.0. The molecule has 0 amide bonds. The first kappa shape index (κ1) is 14.9. The molecule has 0 aliphatic carbocycles. The van der Waals surface area contributed by atoms with Crippen molar-refractivity contribution in [2.45, 2.75) is 18.9 Å². The van der Waals surface area contributed by atoms with E-state index in [2.05, 4.69) is 28.2 Å². The third-order valence-corrected chi connectivity index (χ3v) is 2.44. The Morgan fingerprint density at radius 1 is 1.08 bits per heavy atom. The molecule has 1 saturated heterocycles. The van der Waals surface area contributed by atoms with Gasteiger partial charge in [-0.25, -0.2) is 0 Å². The maximum absolute atomic E-state index is 5.21. The first-order valence-corrected chi connectivity index (χ1v) is 5.94. The molecule has 0 atom stereocenters. The molecule has 0 aromatic rings. The molecule has 0 radical (unpaired) electrons. The summed E-state index contributed by atoms with van der Waals surface area (Å²) < 4.78 is 6.21. The van der Waals surface area contributed by atoms with Crippen molar-refractivity contribution >= 4 is 22.2 Å². The van der Waals surface area contributed by atoms with Gasteiger partial charge in [-0.05, 0) is 12.5 Å². The van der Waals surface area contributed by atoms with Gasteiger partial charge in [0.05, 0.1) is 28.2 Å². The van der Waals surface area contributed by atoms with Crippen molar-refractivity contribution in [1.82, 2.24) is 0 Å². The molecule has 12 heavy (non-hydrogen) atoms. The molecule has 0 N–H and O–H groups in total. The molecular formula is C8H23ClNOSi+. The summed E-state index contributed by atoms with van der Waals surface area (Å²) in [7, 11) is 8.51. The van der Waals surface area contributed by atoms with E-state index in [0.717, 1.165) is 11.1 Å². The van der Waals surface area contributed by atoms with Gasteiger partial charge in [0.15, 0.2) is 9.76 Å². The van der Waals surface area contributed by atoms with E-state index in [-0.39, 0.29) is 22.2 Å². The highest BCUT2D eigenvalue weighted by Gasteiger charge is 1.96. The van der Waals surface area contributed by atoms with Crippen molar-refractivity contribution in [2.24, 2.45) is 0 Å². The van der Waals surface area contributed by atoms with E-state index in [1.165, 1.54) is 18.9 Å². The summed E-state index contributed by atoms with van der Waals surface area (Å²) in [4.78, 5) is 0. The number of quaternary nitrogens is 1. The number of nitrogens with zero attached hydrogens (tertiary/aromatic N) is 1. The molecule has 0 saturated carbocycles. The summed E-state index contributed by atoms with van der Waals surface area (Å²) in [6, 6.07) is 1.42. The van der Waals surface area contributed by atoms with Gasteiger partial charge in [0, 0.05) is 6.61 Å². The molecular weight excluding hydrogens is 190 g/mol. The fourth-order valence-corrected chi connectivity index (χ4v) is 1.86. The largest absolute Gasteiger partial charge is 0.424 e. The molecule has 0 spiro atoms. The van der Waals surface area contributed by atoms with E-state index in [0.29, 0.717) is 0 Å². The van der Waals surface area contributed by atoms with Crippen molar-refractivity contribution in [3.05, 3.63) is 0 Å². The van der Waals surface area contributed by atoms with Crippen molar-refractivity contribution in [3.63, 3.8) is 0 Å². The van der Waals surface area contributed by atoms with Gasteiger partial charge in [-0.3, -0.25) is 0 Å². The maximum atomic E-state index is 5.21. The highest BCUT2D eigenvalue weighted by atomic mass is 35.5. The Balaban J connectivity index is 0. The fraction of sp³-hybridized carbons (Fsp3) is 1.00. The third kappa shape index (κ3) is 22.4. The molecule has 1 aliphatic rings. The highest BCUT2D eigenvalue weighted by molar-refractivity contribution is 6.27. The Hall–Kier alpha value is 0.427. The predicted molar refractivity (Wildman–Crippen MR) is 59.7 cm³/mol. The number of hydrogen-bond donors (Lipinski definition) is 0. The van der Waals surface area contributed by atoms with Crippen LogP contribution in [0.25, 0.3) is 0 Å². The zero-order valence-electron chi connectivity index (χ0n) is 8.80. The minimum absolute atomic E-state index is 0. The molecule has 1 heterocycles. The van der Waals surface area contributed by atoms with E-state index in [1.54, 1.807) is 0 Å². The minimum Gasteiger partial charge on any atom is -0.424 e. The summed E-state index contributed by atoms with van der Waals surface area (Å²) in [5, 5.41) is 0. The van der Waals surface area contributed by atoms with Crippen LogP contribution in [0.1, 0.15) is 12.8 Å². The Morgan fingerprint density at radius 3 is 1.67 bits per heavy atom. The monoisotopic (exact) mass is 212 g/mol. The SMILES string of the molecule is C1CC[SiH2]OC1.C[N+](C)(C)C.Cl. The van der Waals surface area contributed by atoms with Crippen LogP contribution in [0.2, 0.25) is 6.04 Å². The van der Waals surface area contributed by atoms with Crippen LogP contribution in [-0.2, 0) is 4.43 Å². The molecule has 76 valence electrons. The van der Waals surface area contributed by atoms with Gasteiger partial charge in [0.25, 0.3) is 0 Å². The molecule has 1 aliphatic heterocycles. The van der Waals surface area contributed by atoms with Crippen molar-refractivity contribution in [2.75, 3.05) is 34.8 Å². The van der Waals surface area contributed by atoms with Gasteiger partial charge in [0.1, 0.15) is 0 Å². The second kappa shape index (κ2) is 8.04. The fourth-order valence-electron chi connectivity index (χ4n) is 0.687. The van der Waals surface area contributed by atoms with Crippen LogP contribution in [0, 0.1) is 0 Å².